The van der Waals surface area contributed by atoms with Gasteiger partial charge in [0, 0.05) is 17.8 Å². The summed E-state index contributed by atoms with van der Waals surface area (Å²) in [6, 6.07) is 0.588. The molecule has 1 aliphatic carbocycles. The van der Waals surface area contributed by atoms with Crippen molar-refractivity contribution in [2.24, 2.45) is 5.92 Å². The Balaban J connectivity index is 2.21. The van der Waals surface area contributed by atoms with Gasteiger partial charge in [0.15, 0.2) is 0 Å². The van der Waals surface area contributed by atoms with Crippen molar-refractivity contribution in [2.75, 3.05) is 7.05 Å². The Kier molecular flexibility index (Phi) is 3.10. The van der Waals surface area contributed by atoms with Gasteiger partial charge in [0.25, 0.3) is 0 Å². The normalized spacial score (nSPS) is 18.1. The highest BCUT2D eigenvalue weighted by atomic mass is 15.3. The topological polar surface area (TPSA) is 29.9 Å². The van der Waals surface area contributed by atoms with Crippen LogP contribution >= 0.6 is 0 Å². The highest BCUT2D eigenvalue weighted by Crippen LogP contribution is 2.39. The Morgan fingerprint density at radius 3 is 2.87 bits per heavy atom. The largest absolute Gasteiger partial charge is 0.316 e. The van der Waals surface area contributed by atoms with Gasteiger partial charge in [-0.3, -0.25) is 4.68 Å². The summed E-state index contributed by atoms with van der Waals surface area (Å²) in [4.78, 5) is 0. The monoisotopic (exact) mass is 207 g/mol. The Bertz CT molecular complexity index is 326. The van der Waals surface area contributed by atoms with Crippen molar-refractivity contribution < 1.29 is 0 Å². The number of hydrogen-bond acceptors (Lipinski definition) is 2. The van der Waals surface area contributed by atoms with Gasteiger partial charge < -0.3 is 5.32 Å². The maximum atomic E-state index is 4.54. The standard InChI is InChI=1S/C12H21N3/c1-4-12-11(7-13-3)8-14-15(12)9(2)10-5-6-10/h8-10,13H,4-7H2,1-3H3. The van der Waals surface area contributed by atoms with Crippen LogP contribution < -0.4 is 5.32 Å². The molecular formula is C12H21N3. The second-order valence-electron chi connectivity index (χ2n) is 4.52. The summed E-state index contributed by atoms with van der Waals surface area (Å²) in [5, 5.41) is 7.75. The summed E-state index contributed by atoms with van der Waals surface area (Å²) in [6.45, 7) is 5.44. The van der Waals surface area contributed by atoms with Crippen LogP contribution in [0, 0.1) is 5.92 Å². The van der Waals surface area contributed by atoms with Gasteiger partial charge in [-0.2, -0.15) is 5.10 Å². The van der Waals surface area contributed by atoms with Gasteiger partial charge >= 0.3 is 0 Å². The van der Waals surface area contributed by atoms with Crippen molar-refractivity contribution in [3.8, 4) is 0 Å². The summed E-state index contributed by atoms with van der Waals surface area (Å²) < 4.78 is 2.24. The van der Waals surface area contributed by atoms with E-state index in [1.54, 1.807) is 0 Å². The zero-order valence-electron chi connectivity index (χ0n) is 9.95. The first-order chi connectivity index (χ1) is 7.27. The summed E-state index contributed by atoms with van der Waals surface area (Å²) in [5.74, 6) is 0.873. The highest BCUT2D eigenvalue weighted by Gasteiger charge is 2.30. The third-order valence-electron chi connectivity index (χ3n) is 3.38. The average molecular weight is 207 g/mol. The fraction of sp³-hybridized carbons (Fsp3) is 0.750. The van der Waals surface area contributed by atoms with Crippen molar-refractivity contribution in [3.05, 3.63) is 17.5 Å². The Labute approximate surface area is 91.9 Å². The van der Waals surface area contributed by atoms with Crippen LogP contribution in [-0.4, -0.2) is 16.8 Å². The minimum atomic E-state index is 0.588. The van der Waals surface area contributed by atoms with Crippen LogP contribution in [0.1, 0.15) is 44.0 Å². The fourth-order valence-corrected chi connectivity index (χ4v) is 2.28. The lowest BCUT2D eigenvalue weighted by Crippen LogP contribution is -2.14. The third-order valence-corrected chi connectivity index (χ3v) is 3.38. The molecule has 3 nitrogen and oxygen atoms in total. The molecule has 2 rings (SSSR count). The Hall–Kier alpha value is -0.830. The summed E-state index contributed by atoms with van der Waals surface area (Å²) in [6.07, 6.45) is 5.86. The molecule has 3 heteroatoms. The Morgan fingerprint density at radius 2 is 2.33 bits per heavy atom. The second kappa shape index (κ2) is 4.35. The lowest BCUT2D eigenvalue weighted by atomic mass is 10.1. The zero-order valence-corrected chi connectivity index (χ0v) is 9.95. The van der Waals surface area contributed by atoms with Gasteiger partial charge in [-0.05, 0) is 39.2 Å². The van der Waals surface area contributed by atoms with Crippen LogP contribution in [0.2, 0.25) is 0 Å². The molecule has 1 fully saturated rings. The predicted octanol–water partition coefficient (Wildman–Crippen LogP) is 2.14. The molecule has 1 heterocycles. The fourth-order valence-electron chi connectivity index (χ4n) is 2.28. The van der Waals surface area contributed by atoms with Gasteiger partial charge in [0.05, 0.1) is 12.2 Å². The molecule has 1 aliphatic rings. The molecule has 84 valence electrons. The molecule has 0 radical (unpaired) electrons. The molecule has 0 spiro atoms. The molecular weight excluding hydrogens is 186 g/mol. The zero-order chi connectivity index (χ0) is 10.8. The molecule has 0 saturated heterocycles. The minimum Gasteiger partial charge on any atom is -0.316 e. The number of nitrogens with one attached hydrogen (secondary N) is 1. The van der Waals surface area contributed by atoms with Crippen LogP contribution in [0.25, 0.3) is 0 Å². The van der Waals surface area contributed by atoms with Crippen molar-refractivity contribution in [3.63, 3.8) is 0 Å². The Morgan fingerprint density at radius 1 is 1.60 bits per heavy atom. The van der Waals surface area contributed by atoms with E-state index in [0.29, 0.717) is 6.04 Å². The van der Waals surface area contributed by atoms with Crippen molar-refractivity contribution in [2.45, 2.75) is 45.7 Å². The number of rotatable bonds is 5. The van der Waals surface area contributed by atoms with E-state index in [0.717, 1.165) is 18.9 Å². The van der Waals surface area contributed by atoms with Gasteiger partial charge in [0.2, 0.25) is 0 Å². The maximum Gasteiger partial charge on any atom is 0.0537 e. The van der Waals surface area contributed by atoms with E-state index in [-0.39, 0.29) is 0 Å². The summed E-state index contributed by atoms with van der Waals surface area (Å²) in [5.41, 5.74) is 2.76. The molecule has 1 atom stereocenters. The van der Waals surface area contributed by atoms with Crippen LogP contribution in [-0.2, 0) is 13.0 Å². The molecule has 1 aromatic rings. The number of nitrogens with zero attached hydrogens (tertiary/aromatic N) is 2. The molecule has 0 aromatic carbocycles. The molecule has 15 heavy (non-hydrogen) atoms. The van der Waals surface area contributed by atoms with Gasteiger partial charge in [-0.25, -0.2) is 0 Å². The van der Waals surface area contributed by atoms with E-state index < -0.39 is 0 Å². The molecule has 0 amide bonds. The van der Waals surface area contributed by atoms with E-state index in [9.17, 15) is 0 Å². The third kappa shape index (κ3) is 2.07. The average Bonchev–Trinajstić information content (AvgIpc) is 3.00. The molecule has 0 bridgehead atoms. The number of aromatic nitrogens is 2. The highest BCUT2D eigenvalue weighted by molar-refractivity contribution is 5.18. The quantitative estimate of drug-likeness (QED) is 0.801. The first-order valence-electron chi connectivity index (χ1n) is 5.97. The van der Waals surface area contributed by atoms with Gasteiger partial charge in [-0.15, -0.1) is 0 Å². The molecule has 1 saturated carbocycles. The lowest BCUT2D eigenvalue weighted by Gasteiger charge is -2.15. The first-order valence-corrected chi connectivity index (χ1v) is 5.97. The van der Waals surface area contributed by atoms with Gasteiger partial charge in [-0.1, -0.05) is 6.92 Å². The van der Waals surface area contributed by atoms with E-state index >= 15 is 0 Å². The van der Waals surface area contributed by atoms with E-state index in [2.05, 4.69) is 28.9 Å². The lowest BCUT2D eigenvalue weighted by molar-refractivity contribution is 0.425. The molecule has 1 unspecified atom stereocenters. The van der Waals surface area contributed by atoms with Crippen LogP contribution in [0.4, 0.5) is 0 Å². The minimum absolute atomic E-state index is 0.588. The second-order valence-corrected chi connectivity index (χ2v) is 4.52. The van der Waals surface area contributed by atoms with Crippen LogP contribution in [0.5, 0.6) is 0 Å². The molecule has 0 aliphatic heterocycles. The van der Waals surface area contributed by atoms with Crippen LogP contribution in [0.15, 0.2) is 6.20 Å². The van der Waals surface area contributed by atoms with E-state index in [1.165, 1.54) is 24.1 Å². The van der Waals surface area contributed by atoms with Crippen molar-refractivity contribution in [1.29, 1.82) is 0 Å². The maximum absolute atomic E-state index is 4.54. The first kappa shape index (κ1) is 10.7. The summed E-state index contributed by atoms with van der Waals surface area (Å²) in [7, 11) is 1.99. The molecule has 1 aromatic heterocycles. The SMILES string of the molecule is CCc1c(CNC)cnn1C(C)C1CC1. The van der Waals surface area contributed by atoms with E-state index in [4.69, 9.17) is 0 Å². The number of hydrogen-bond donors (Lipinski definition) is 1. The summed E-state index contributed by atoms with van der Waals surface area (Å²) >= 11 is 0. The molecule has 1 N–H and O–H groups in total. The van der Waals surface area contributed by atoms with Crippen molar-refractivity contribution in [1.82, 2.24) is 15.1 Å². The predicted molar refractivity (Wildman–Crippen MR) is 61.8 cm³/mol. The van der Waals surface area contributed by atoms with Gasteiger partial charge in [0.1, 0.15) is 0 Å². The van der Waals surface area contributed by atoms with Crippen molar-refractivity contribution >= 4 is 0 Å². The van der Waals surface area contributed by atoms with E-state index in [1.807, 2.05) is 13.2 Å². The van der Waals surface area contributed by atoms with Crippen LogP contribution in [0.3, 0.4) is 0 Å². The smallest absolute Gasteiger partial charge is 0.0537 e.